The summed E-state index contributed by atoms with van der Waals surface area (Å²) >= 11 is 0.755. The van der Waals surface area contributed by atoms with Gasteiger partial charge in [-0.2, -0.15) is 13.0 Å². The van der Waals surface area contributed by atoms with Crippen molar-refractivity contribution in [3.63, 3.8) is 0 Å². The second kappa shape index (κ2) is 8.02. The predicted octanol–water partition coefficient (Wildman–Crippen LogP) is 1.11. The number of benzene rings is 2. The van der Waals surface area contributed by atoms with Crippen molar-refractivity contribution in [3.05, 3.63) is 48.2 Å². The van der Waals surface area contributed by atoms with Crippen LogP contribution in [-0.2, 0) is 30.8 Å². The molecule has 0 radical (unpaired) electrons. The lowest BCUT2D eigenvalue weighted by molar-refractivity contribution is -0.679. The Morgan fingerprint density at radius 2 is 2.12 bits per heavy atom. The fraction of sp³-hybridized carbons (Fsp3) is 0.158. The van der Waals surface area contributed by atoms with Gasteiger partial charge in [0.25, 0.3) is 15.6 Å². The Kier molecular flexibility index (Phi) is 5.27. The van der Waals surface area contributed by atoms with E-state index in [2.05, 4.69) is 9.37 Å². The van der Waals surface area contributed by atoms with Crippen LogP contribution in [0, 0.1) is 0 Å². The largest absolute Gasteiger partial charge is 0.550 e. The first-order chi connectivity index (χ1) is 15.7. The zero-order chi connectivity index (χ0) is 23.3. The Labute approximate surface area is 190 Å². The molecule has 1 atom stereocenters. The summed E-state index contributed by atoms with van der Waals surface area (Å²) < 4.78 is 50.7. The summed E-state index contributed by atoms with van der Waals surface area (Å²) in [4.78, 5) is 13.3. The number of aliphatic carboxylic acids is 1. The van der Waals surface area contributed by atoms with E-state index >= 15 is 0 Å². The number of carbonyl (C=O) groups is 1. The summed E-state index contributed by atoms with van der Waals surface area (Å²) in [5.74, 6) is -0.447. The summed E-state index contributed by atoms with van der Waals surface area (Å²) in [6, 6.07) is 8.07. The lowest BCUT2D eigenvalue weighted by Gasteiger charge is -2.25. The van der Waals surface area contributed by atoms with Gasteiger partial charge < -0.3 is 19.1 Å². The minimum absolute atomic E-state index is 0.112. The quantitative estimate of drug-likeness (QED) is 0.165. The third-order valence-electron chi connectivity index (χ3n) is 5.21. The SMILES string of the molecule is O=C([O-])CC1C[n+]2c(oc3ccc(SOOO)cc32)C=C2Oc3ccc(S(=O)(=O)O)cc3N21. The normalized spacial score (nSPS) is 17.1. The topological polar surface area (TPSA) is 163 Å². The molecule has 0 fully saturated rings. The second-order valence-electron chi connectivity index (χ2n) is 7.20. The van der Waals surface area contributed by atoms with Crippen LogP contribution in [0.3, 0.4) is 0 Å². The van der Waals surface area contributed by atoms with Crippen molar-refractivity contribution in [2.75, 3.05) is 4.90 Å². The molecule has 14 heteroatoms. The van der Waals surface area contributed by atoms with Gasteiger partial charge in [-0.05, 0) is 30.3 Å². The van der Waals surface area contributed by atoms with Gasteiger partial charge in [-0.15, -0.1) is 4.33 Å². The van der Waals surface area contributed by atoms with E-state index in [4.69, 9.17) is 14.4 Å². The van der Waals surface area contributed by atoms with E-state index in [0.717, 1.165) is 12.0 Å². The van der Waals surface area contributed by atoms with Crippen molar-refractivity contribution < 1.29 is 51.2 Å². The van der Waals surface area contributed by atoms with Crippen molar-refractivity contribution in [1.29, 1.82) is 0 Å². The molecular weight excluding hydrogens is 480 g/mol. The number of carboxylic acid groups (broad SMARTS) is 1. The maximum atomic E-state index is 11.6. The van der Waals surface area contributed by atoms with E-state index in [9.17, 15) is 22.9 Å². The van der Waals surface area contributed by atoms with Crippen LogP contribution in [0.1, 0.15) is 12.3 Å². The lowest BCUT2D eigenvalue weighted by Crippen LogP contribution is -2.48. The van der Waals surface area contributed by atoms with Gasteiger partial charge >= 0.3 is 5.89 Å². The Balaban J connectivity index is 1.64. The highest BCUT2D eigenvalue weighted by molar-refractivity contribution is 7.94. The number of aromatic nitrogens is 1. The zero-order valence-corrected chi connectivity index (χ0v) is 18.0. The highest BCUT2D eigenvalue weighted by Crippen LogP contribution is 2.43. The third kappa shape index (κ3) is 3.92. The molecule has 3 heterocycles. The summed E-state index contributed by atoms with van der Waals surface area (Å²) in [7, 11) is -4.49. The number of rotatable bonds is 6. The summed E-state index contributed by atoms with van der Waals surface area (Å²) in [5, 5.41) is 23.6. The minimum Gasteiger partial charge on any atom is -0.550 e. The molecule has 0 aliphatic carbocycles. The number of oxazole rings is 1. The molecule has 12 nitrogen and oxygen atoms in total. The van der Waals surface area contributed by atoms with Gasteiger partial charge in [0, 0.05) is 23.4 Å². The molecule has 0 saturated heterocycles. The Bertz CT molecular complexity index is 1420. The Morgan fingerprint density at radius 1 is 1.30 bits per heavy atom. The van der Waals surface area contributed by atoms with Crippen LogP contribution in [0.5, 0.6) is 5.75 Å². The minimum atomic E-state index is -4.49. The molecule has 172 valence electrons. The number of hydrogen-bond acceptors (Lipinski definition) is 11. The standard InChI is InChI=1S/C19H14N2O10S2/c22-19(23)5-10-9-20-13-6-11(32-31-30-24)1-3-15(13)28-17(20)8-18-21(10)14-7-12(33(25,26)27)2-4-16(14)29-18/h1-4,6-8,10H,5,9H2,(H2-,22,23,24,25,26,27). The van der Waals surface area contributed by atoms with Crippen LogP contribution < -0.4 is 19.3 Å². The fourth-order valence-corrected chi connectivity index (χ4v) is 4.81. The average molecular weight is 494 g/mol. The van der Waals surface area contributed by atoms with Crippen LogP contribution in [0.2, 0.25) is 0 Å². The molecule has 0 spiro atoms. The van der Waals surface area contributed by atoms with Crippen LogP contribution in [0.4, 0.5) is 5.69 Å². The number of anilines is 1. The van der Waals surface area contributed by atoms with E-state index in [1.807, 2.05) is 0 Å². The van der Waals surface area contributed by atoms with E-state index in [1.54, 1.807) is 28.8 Å². The number of carboxylic acids is 1. The monoisotopic (exact) mass is 494 g/mol. The number of hydrogen-bond donors (Lipinski definition) is 2. The number of fused-ring (bicyclic) bond motifs is 6. The van der Waals surface area contributed by atoms with E-state index in [-0.39, 0.29) is 23.0 Å². The molecule has 0 saturated carbocycles. The summed E-state index contributed by atoms with van der Waals surface area (Å²) in [6.07, 6.45) is 1.15. The highest BCUT2D eigenvalue weighted by Gasteiger charge is 2.41. The average Bonchev–Trinajstić information content (AvgIpc) is 3.23. The van der Waals surface area contributed by atoms with Crippen molar-refractivity contribution in [1.82, 2.24) is 0 Å². The van der Waals surface area contributed by atoms with Crippen molar-refractivity contribution >= 4 is 51.0 Å². The van der Waals surface area contributed by atoms with Crippen LogP contribution >= 0.6 is 12.0 Å². The van der Waals surface area contributed by atoms with E-state index in [1.165, 1.54) is 23.1 Å². The molecule has 2 aliphatic rings. The Morgan fingerprint density at radius 3 is 2.85 bits per heavy atom. The zero-order valence-electron chi connectivity index (χ0n) is 16.4. The van der Waals surface area contributed by atoms with Gasteiger partial charge in [-0.1, -0.05) is 5.04 Å². The molecule has 33 heavy (non-hydrogen) atoms. The highest BCUT2D eigenvalue weighted by atomic mass is 32.2. The molecular formula is C19H14N2O10S2. The smallest absolute Gasteiger partial charge is 0.379 e. The molecule has 2 aliphatic heterocycles. The number of ether oxygens (including phenoxy) is 1. The number of nitrogens with zero attached hydrogens (tertiary/aromatic N) is 2. The Hall–Kier alpha value is -3.14. The van der Waals surface area contributed by atoms with Gasteiger partial charge in [0.05, 0.1) is 22.6 Å². The third-order valence-corrected chi connectivity index (χ3v) is 6.63. The fourth-order valence-electron chi connectivity index (χ4n) is 3.92. The maximum Gasteiger partial charge on any atom is 0.379 e. The first-order valence-corrected chi connectivity index (χ1v) is 11.5. The van der Waals surface area contributed by atoms with Gasteiger partial charge in [0.2, 0.25) is 11.5 Å². The van der Waals surface area contributed by atoms with Crippen LogP contribution in [-0.4, -0.2) is 30.2 Å². The van der Waals surface area contributed by atoms with Crippen molar-refractivity contribution in [2.24, 2.45) is 0 Å². The maximum absolute atomic E-state index is 11.6. The van der Waals surface area contributed by atoms with Crippen molar-refractivity contribution in [3.8, 4) is 5.75 Å². The first-order valence-electron chi connectivity index (χ1n) is 9.36. The molecule has 5 rings (SSSR count). The summed E-state index contributed by atoms with van der Waals surface area (Å²) in [6.45, 7) is 0.112. The molecule has 1 unspecified atom stereocenters. The van der Waals surface area contributed by atoms with Gasteiger partial charge in [0.1, 0.15) is 12.1 Å². The lowest BCUT2D eigenvalue weighted by atomic mass is 10.1. The number of carbonyl (C=O) groups excluding carboxylic acids is 1. The van der Waals surface area contributed by atoms with E-state index in [0.29, 0.717) is 27.6 Å². The molecule has 2 aromatic carbocycles. The van der Waals surface area contributed by atoms with Crippen LogP contribution in [0.25, 0.3) is 17.2 Å². The molecule has 0 bridgehead atoms. The summed E-state index contributed by atoms with van der Waals surface area (Å²) in [5.41, 5.74) is 1.38. The van der Waals surface area contributed by atoms with Crippen LogP contribution in [0.15, 0.2) is 56.5 Å². The van der Waals surface area contributed by atoms with Crippen molar-refractivity contribution in [2.45, 2.75) is 28.8 Å². The molecule has 1 aromatic heterocycles. The molecule has 0 amide bonds. The van der Waals surface area contributed by atoms with Gasteiger partial charge in [0.15, 0.2) is 12.3 Å². The first kappa shape index (κ1) is 21.7. The van der Waals surface area contributed by atoms with Gasteiger partial charge in [-0.3, -0.25) is 9.45 Å². The second-order valence-corrected chi connectivity index (χ2v) is 9.39. The predicted molar refractivity (Wildman–Crippen MR) is 108 cm³/mol. The molecule has 3 aromatic rings. The molecule has 2 N–H and O–H groups in total. The van der Waals surface area contributed by atoms with Gasteiger partial charge in [-0.25, -0.2) is 5.26 Å². The van der Waals surface area contributed by atoms with E-state index < -0.39 is 28.6 Å².